The first-order chi connectivity index (χ1) is 18.3. The maximum atomic E-state index is 12.9. The van der Waals surface area contributed by atoms with Gasteiger partial charge in [-0.05, 0) is 84.4 Å². The van der Waals surface area contributed by atoms with Crippen molar-refractivity contribution in [2.75, 3.05) is 19.8 Å². The molecule has 9 nitrogen and oxygen atoms in total. The minimum Gasteiger partial charge on any atom is -0.492 e. The van der Waals surface area contributed by atoms with Crippen molar-refractivity contribution < 1.29 is 28.7 Å². The van der Waals surface area contributed by atoms with Gasteiger partial charge in [-0.25, -0.2) is 0 Å². The number of non-ortho nitro benzene ring substituents is 1. The van der Waals surface area contributed by atoms with Gasteiger partial charge in [-0.3, -0.25) is 24.6 Å². The summed E-state index contributed by atoms with van der Waals surface area (Å²) in [6.07, 6.45) is 1.63. The second-order valence-electron chi connectivity index (χ2n) is 7.99. The Labute approximate surface area is 228 Å². The molecular weight excluding hydrogens is 532 g/mol. The van der Waals surface area contributed by atoms with Crippen molar-refractivity contribution in [2.24, 2.45) is 0 Å². The fourth-order valence-electron chi connectivity index (χ4n) is 3.51. The fraction of sp³-hybridized carbons (Fsp3) is 0.185. The van der Waals surface area contributed by atoms with Crippen LogP contribution in [0.4, 0.5) is 10.5 Å². The molecule has 2 amide bonds. The Morgan fingerprint density at radius 3 is 2.39 bits per heavy atom. The maximum Gasteiger partial charge on any atom is 0.293 e. The monoisotopic (exact) mass is 554 g/mol. The van der Waals surface area contributed by atoms with E-state index in [1.165, 1.54) is 12.1 Å². The van der Waals surface area contributed by atoms with Gasteiger partial charge in [0.05, 0.1) is 23.0 Å². The number of carbonyl (C=O) groups is 2. The van der Waals surface area contributed by atoms with Gasteiger partial charge < -0.3 is 14.2 Å². The van der Waals surface area contributed by atoms with Crippen LogP contribution >= 0.6 is 23.4 Å². The molecule has 196 valence electrons. The third-order valence-electron chi connectivity index (χ3n) is 5.38. The zero-order valence-electron chi connectivity index (χ0n) is 20.3. The third kappa shape index (κ3) is 6.84. The van der Waals surface area contributed by atoms with E-state index in [9.17, 15) is 19.7 Å². The van der Waals surface area contributed by atoms with Crippen molar-refractivity contribution in [2.45, 2.75) is 13.5 Å². The summed E-state index contributed by atoms with van der Waals surface area (Å²) in [6, 6.07) is 18.1. The largest absolute Gasteiger partial charge is 0.492 e. The van der Waals surface area contributed by atoms with E-state index in [1.54, 1.807) is 60.7 Å². The Bertz CT molecular complexity index is 1360. The van der Waals surface area contributed by atoms with E-state index in [0.717, 1.165) is 22.2 Å². The lowest BCUT2D eigenvalue weighted by Crippen LogP contribution is -2.32. The molecule has 0 radical (unpaired) electrons. The average Bonchev–Trinajstić information content (AvgIpc) is 3.17. The molecule has 0 aliphatic carbocycles. The van der Waals surface area contributed by atoms with E-state index in [2.05, 4.69) is 0 Å². The van der Waals surface area contributed by atoms with Gasteiger partial charge in [0.1, 0.15) is 19.0 Å². The van der Waals surface area contributed by atoms with Gasteiger partial charge in [0.15, 0.2) is 11.5 Å². The van der Waals surface area contributed by atoms with Gasteiger partial charge in [-0.1, -0.05) is 17.7 Å². The van der Waals surface area contributed by atoms with Gasteiger partial charge in [-0.15, -0.1) is 0 Å². The van der Waals surface area contributed by atoms with E-state index in [-0.39, 0.29) is 30.7 Å². The topological polar surface area (TPSA) is 108 Å². The Balaban J connectivity index is 1.40. The average molecular weight is 555 g/mol. The van der Waals surface area contributed by atoms with E-state index in [1.807, 2.05) is 6.92 Å². The predicted molar refractivity (Wildman–Crippen MR) is 145 cm³/mol. The molecule has 0 bridgehead atoms. The number of imide groups is 1. The minimum atomic E-state index is -0.458. The van der Waals surface area contributed by atoms with E-state index in [0.29, 0.717) is 39.3 Å². The van der Waals surface area contributed by atoms with E-state index in [4.69, 9.17) is 25.8 Å². The molecule has 0 aromatic heterocycles. The number of ether oxygens (including phenoxy) is 3. The number of benzene rings is 3. The zero-order chi connectivity index (χ0) is 27.1. The van der Waals surface area contributed by atoms with Crippen molar-refractivity contribution in [3.05, 3.63) is 97.9 Å². The van der Waals surface area contributed by atoms with Crippen molar-refractivity contribution in [1.82, 2.24) is 4.90 Å². The number of nitro benzene ring substituents is 1. The smallest absolute Gasteiger partial charge is 0.293 e. The maximum absolute atomic E-state index is 12.9. The summed E-state index contributed by atoms with van der Waals surface area (Å²) in [5.41, 5.74) is 1.43. The first-order valence-electron chi connectivity index (χ1n) is 11.6. The molecule has 1 heterocycles. The summed E-state index contributed by atoms with van der Waals surface area (Å²) in [5, 5.41) is 11.1. The molecule has 3 aromatic carbocycles. The second-order valence-corrected chi connectivity index (χ2v) is 9.42. The molecule has 1 aliphatic heterocycles. The van der Waals surface area contributed by atoms with Crippen LogP contribution in [-0.2, 0) is 11.4 Å². The van der Waals surface area contributed by atoms with Crippen LogP contribution in [0.1, 0.15) is 18.1 Å². The van der Waals surface area contributed by atoms with Crippen molar-refractivity contribution >= 4 is 46.3 Å². The molecule has 11 heteroatoms. The number of carbonyl (C=O) groups excluding carboxylic acids is 2. The Morgan fingerprint density at radius 2 is 1.71 bits per heavy atom. The van der Waals surface area contributed by atoms with Crippen molar-refractivity contribution in [3.8, 4) is 17.2 Å². The zero-order valence-corrected chi connectivity index (χ0v) is 21.9. The molecule has 0 spiro atoms. The van der Waals surface area contributed by atoms with Crippen LogP contribution in [0, 0.1) is 10.1 Å². The van der Waals surface area contributed by atoms with E-state index < -0.39 is 10.8 Å². The number of halogens is 1. The van der Waals surface area contributed by atoms with Crippen molar-refractivity contribution in [1.29, 1.82) is 0 Å². The normalized spacial score (nSPS) is 14.2. The Hall–Kier alpha value is -4.02. The molecule has 1 saturated heterocycles. The number of amides is 2. The predicted octanol–water partition coefficient (Wildman–Crippen LogP) is 6.34. The van der Waals surface area contributed by atoms with Gasteiger partial charge in [0, 0.05) is 17.2 Å². The number of thioether (sulfide) groups is 1. The van der Waals surface area contributed by atoms with Crippen LogP contribution in [0.3, 0.4) is 0 Å². The molecule has 38 heavy (non-hydrogen) atoms. The molecular formula is C27H23ClN2O7S. The summed E-state index contributed by atoms with van der Waals surface area (Å²) in [6.45, 7) is 2.69. The Kier molecular flexibility index (Phi) is 8.88. The molecule has 1 aliphatic rings. The lowest BCUT2D eigenvalue weighted by atomic mass is 10.1. The van der Waals surface area contributed by atoms with Crippen LogP contribution in [0.5, 0.6) is 17.2 Å². The molecule has 1 fully saturated rings. The van der Waals surface area contributed by atoms with Gasteiger partial charge in [0.2, 0.25) is 0 Å². The fourth-order valence-corrected chi connectivity index (χ4v) is 4.50. The van der Waals surface area contributed by atoms with Crippen LogP contribution in [0.15, 0.2) is 71.6 Å². The highest BCUT2D eigenvalue weighted by atomic mass is 35.5. The van der Waals surface area contributed by atoms with Crippen LogP contribution in [0.2, 0.25) is 5.02 Å². The first-order valence-corrected chi connectivity index (χ1v) is 12.8. The molecule has 0 unspecified atom stereocenters. The minimum absolute atomic E-state index is 0.00612. The number of hydrogen-bond donors (Lipinski definition) is 0. The lowest BCUT2D eigenvalue weighted by Gasteiger charge is -2.13. The van der Waals surface area contributed by atoms with Crippen LogP contribution < -0.4 is 14.2 Å². The highest BCUT2D eigenvalue weighted by Gasteiger charge is 2.34. The molecule has 3 aromatic rings. The highest BCUT2D eigenvalue weighted by Crippen LogP contribution is 2.35. The highest BCUT2D eigenvalue weighted by molar-refractivity contribution is 8.18. The molecule has 4 rings (SSSR count). The van der Waals surface area contributed by atoms with Crippen LogP contribution in [-0.4, -0.2) is 40.7 Å². The van der Waals surface area contributed by atoms with Crippen molar-refractivity contribution in [3.63, 3.8) is 0 Å². The first kappa shape index (κ1) is 27.0. The second kappa shape index (κ2) is 12.5. The number of rotatable bonds is 11. The molecule has 0 atom stereocenters. The summed E-state index contributed by atoms with van der Waals surface area (Å²) in [4.78, 5) is 37.1. The summed E-state index contributed by atoms with van der Waals surface area (Å²) >= 11 is 6.73. The van der Waals surface area contributed by atoms with Crippen LogP contribution in [0.25, 0.3) is 6.08 Å². The summed E-state index contributed by atoms with van der Waals surface area (Å²) < 4.78 is 17.2. The third-order valence-corrected chi connectivity index (χ3v) is 6.54. The Morgan fingerprint density at radius 1 is 0.974 bits per heavy atom. The van der Waals surface area contributed by atoms with Gasteiger partial charge >= 0.3 is 0 Å². The number of hydrogen-bond acceptors (Lipinski definition) is 8. The van der Waals surface area contributed by atoms with Gasteiger partial charge in [-0.2, -0.15) is 0 Å². The quantitative estimate of drug-likeness (QED) is 0.153. The molecule has 0 N–H and O–H groups in total. The number of nitro groups is 1. The SMILES string of the molecule is CCOc1cc(/C=C2\SC(=O)N(CCOc3ccc(Cl)cc3)C2=O)ccc1OCc1ccc([N+](=O)[O-])cc1. The standard InChI is InChI=1S/C27H23ClN2O7S/c1-2-35-24-15-19(5-12-23(24)37-17-18-3-8-21(9-4-18)30(33)34)16-25-26(31)29(27(32)38-25)13-14-36-22-10-6-20(28)7-11-22/h3-12,15-16H,2,13-14,17H2,1H3/b25-16-. The number of nitrogens with zero attached hydrogens (tertiary/aromatic N) is 2. The summed E-state index contributed by atoms with van der Waals surface area (Å²) in [7, 11) is 0. The summed E-state index contributed by atoms with van der Waals surface area (Å²) in [5.74, 6) is 1.15. The molecule has 0 saturated carbocycles. The van der Waals surface area contributed by atoms with Gasteiger partial charge in [0.25, 0.3) is 16.8 Å². The van der Waals surface area contributed by atoms with E-state index >= 15 is 0 Å². The lowest BCUT2D eigenvalue weighted by molar-refractivity contribution is -0.384.